The molecule has 1 saturated heterocycles. The molecule has 36 heavy (non-hydrogen) atoms. The van der Waals surface area contributed by atoms with Crippen molar-refractivity contribution in [3.63, 3.8) is 0 Å². The van der Waals surface area contributed by atoms with Crippen LogP contribution in [0, 0.1) is 11.8 Å². The highest BCUT2D eigenvalue weighted by Crippen LogP contribution is 2.21. The number of fused-ring (bicyclic) bond motifs is 2. The van der Waals surface area contributed by atoms with Crippen LogP contribution in [0.1, 0.15) is 21.6 Å². The molecule has 0 unspecified atom stereocenters. The second kappa shape index (κ2) is 9.17. The number of hydrogen-bond acceptors (Lipinski definition) is 6. The normalized spacial score (nSPS) is 13.5. The van der Waals surface area contributed by atoms with E-state index in [1.54, 1.807) is 10.7 Å². The molecule has 2 N–H and O–H groups in total. The molecule has 5 aromatic rings. The fourth-order valence-corrected chi connectivity index (χ4v) is 4.25. The van der Waals surface area contributed by atoms with Crippen molar-refractivity contribution in [2.45, 2.75) is 0 Å². The van der Waals surface area contributed by atoms with E-state index in [1.807, 2.05) is 66.7 Å². The topological polar surface area (TPSA) is 100 Å². The number of carbonyl (C=O) groups is 1. The average Bonchev–Trinajstić information content (AvgIpc) is 3.58. The van der Waals surface area contributed by atoms with Gasteiger partial charge < -0.3 is 19.9 Å². The van der Waals surface area contributed by atoms with Gasteiger partial charge in [0.2, 0.25) is 0 Å². The first-order valence-electron chi connectivity index (χ1n) is 11.7. The molecule has 4 aromatic heterocycles. The Morgan fingerprint density at radius 2 is 1.92 bits per heavy atom. The second-order valence-electron chi connectivity index (χ2n) is 8.41. The van der Waals surface area contributed by atoms with Crippen LogP contribution in [0.5, 0.6) is 0 Å². The van der Waals surface area contributed by atoms with Crippen molar-refractivity contribution in [2.75, 3.05) is 38.7 Å². The van der Waals surface area contributed by atoms with Gasteiger partial charge in [0.15, 0.2) is 5.65 Å². The summed E-state index contributed by atoms with van der Waals surface area (Å²) in [5.74, 6) is 7.23. The lowest BCUT2D eigenvalue weighted by Gasteiger charge is -2.26. The molecule has 1 aliphatic rings. The van der Waals surface area contributed by atoms with Crippen molar-refractivity contribution in [2.24, 2.45) is 0 Å². The van der Waals surface area contributed by atoms with Gasteiger partial charge >= 0.3 is 0 Å². The predicted octanol–water partition coefficient (Wildman–Crippen LogP) is 3.19. The highest BCUT2D eigenvalue weighted by Gasteiger charge is 2.18. The summed E-state index contributed by atoms with van der Waals surface area (Å²) in [6.45, 7) is 2.40. The first-order valence-corrected chi connectivity index (χ1v) is 11.7. The van der Waals surface area contributed by atoms with Gasteiger partial charge in [-0.1, -0.05) is 18.1 Å². The molecule has 1 fully saturated rings. The number of anilines is 1. The summed E-state index contributed by atoms with van der Waals surface area (Å²) in [6.07, 6.45) is 3.57. The molecule has 0 aliphatic carbocycles. The first kappa shape index (κ1) is 21.8. The lowest BCUT2D eigenvalue weighted by Crippen LogP contribution is -2.40. The number of aromatic nitrogens is 5. The van der Waals surface area contributed by atoms with Gasteiger partial charge in [-0.3, -0.25) is 4.79 Å². The van der Waals surface area contributed by atoms with Crippen LogP contribution < -0.4 is 5.32 Å². The molecule has 5 heterocycles. The number of imidazole rings is 1. The largest absolute Gasteiger partial charge is 0.378 e. The number of nitrogens with zero attached hydrogens (tertiary/aromatic N) is 5. The van der Waals surface area contributed by atoms with Gasteiger partial charge in [-0.15, -0.1) is 0 Å². The Hall–Kier alpha value is -4.68. The molecule has 178 valence electrons. The summed E-state index contributed by atoms with van der Waals surface area (Å²) in [6, 6.07) is 15.2. The van der Waals surface area contributed by atoms with Crippen molar-refractivity contribution in [3.05, 3.63) is 77.7 Å². The summed E-state index contributed by atoms with van der Waals surface area (Å²) in [5.41, 5.74) is 5.35. The number of amides is 1. The monoisotopic (exact) mass is 477 g/mol. The summed E-state index contributed by atoms with van der Waals surface area (Å²) in [4.78, 5) is 26.7. The summed E-state index contributed by atoms with van der Waals surface area (Å²) in [5, 5.41) is 8.80. The van der Waals surface area contributed by atoms with Crippen LogP contribution in [0.2, 0.25) is 0 Å². The standard InChI is InChI=1S/C27H23N7O2/c1-28-24-16-20(22-10-11-29-26(22)31-24)6-7-21-17-30-25-9-8-23(32-34(21)25)18-2-4-19(5-3-18)27(35)33-12-14-36-15-13-33/h2-5,8-11,16-17H,12-15H2,1H3,(H2,28,29,31). The van der Waals surface area contributed by atoms with Crippen molar-refractivity contribution >= 4 is 28.4 Å². The maximum absolute atomic E-state index is 12.7. The van der Waals surface area contributed by atoms with Gasteiger partial charge in [0.1, 0.15) is 17.2 Å². The number of nitrogens with one attached hydrogen (secondary N) is 2. The van der Waals surface area contributed by atoms with Crippen LogP contribution in [0.3, 0.4) is 0 Å². The van der Waals surface area contributed by atoms with E-state index in [1.165, 1.54) is 0 Å². The molecule has 0 radical (unpaired) electrons. The Bertz CT molecular complexity index is 1630. The lowest BCUT2D eigenvalue weighted by atomic mass is 10.1. The molecule has 9 heteroatoms. The number of H-pyrrole nitrogens is 1. The SMILES string of the molecule is CNc1cc(C#Cc2cnc3ccc(-c4ccc(C(=O)N5CCOCC5)cc4)nn23)c2cc[nH]c2n1. The maximum atomic E-state index is 12.7. The van der Waals surface area contributed by atoms with Crippen LogP contribution in [0.4, 0.5) is 5.82 Å². The van der Waals surface area contributed by atoms with E-state index in [2.05, 4.69) is 32.1 Å². The molecule has 0 spiro atoms. The first-order chi connectivity index (χ1) is 17.7. The summed E-state index contributed by atoms with van der Waals surface area (Å²) in [7, 11) is 1.83. The third-order valence-corrected chi connectivity index (χ3v) is 6.20. The van der Waals surface area contributed by atoms with Gasteiger partial charge in [0, 0.05) is 48.4 Å². The number of benzene rings is 1. The van der Waals surface area contributed by atoms with E-state index in [0.717, 1.165) is 33.7 Å². The maximum Gasteiger partial charge on any atom is 0.254 e. The zero-order chi connectivity index (χ0) is 24.5. The Balaban J connectivity index is 1.30. The van der Waals surface area contributed by atoms with E-state index < -0.39 is 0 Å². The number of ether oxygens (including phenoxy) is 1. The van der Waals surface area contributed by atoms with Crippen molar-refractivity contribution < 1.29 is 9.53 Å². The second-order valence-corrected chi connectivity index (χ2v) is 8.41. The summed E-state index contributed by atoms with van der Waals surface area (Å²) >= 11 is 0. The van der Waals surface area contributed by atoms with E-state index in [9.17, 15) is 4.79 Å². The molecule has 1 aromatic carbocycles. The fourth-order valence-electron chi connectivity index (χ4n) is 4.25. The number of hydrogen-bond donors (Lipinski definition) is 2. The molecule has 1 amide bonds. The van der Waals surface area contributed by atoms with Crippen LogP contribution in [0.25, 0.3) is 27.9 Å². The number of rotatable bonds is 3. The quantitative estimate of drug-likeness (QED) is 0.387. The molecule has 0 saturated carbocycles. The van der Waals surface area contributed by atoms with Gasteiger partial charge in [-0.25, -0.2) is 14.5 Å². The smallest absolute Gasteiger partial charge is 0.254 e. The fraction of sp³-hybridized carbons (Fsp3) is 0.185. The zero-order valence-electron chi connectivity index (χ0n) is 19.7. The molecular weight excluding hydrogens is 454 g/mol. The van der Waals surface area contributed by atoms with Crippen LogP contribution >= 0.6 is 0 Å². The van der Waals surface area contributed by atoms with Crippen LogP contribution in [0.15, 0.2) is 60.9 Å². The molecule has 0 atom stereocenters. The Kier molecular flexibility index (Phi) is 5.56. The third-order valence-electron chi connectivity index (χ3n) is 6.20. The number of aromatic amines is 1. The Morgan fingerprint density at radius 1 is 1.08 bits per heavy atom. The minimum Gasteiger partial charge on any atom is -0.378 e. The zero-order valence-corrected chi connectivity index (χ0v) is 19.7. The summed E-state index contributed by atoms with van der Waals surface area (Å²) < 4.78 is 7.08. The van der Waals surface area contributed by atoms with Crippen molar-refractivity contribution in [1.82, 2.24) is 29.5 Å². The van der Waals surface area contributed by atoms with Gasteiger partial charge in [0.25, 0.3) is 5.91 Å². The Morgan fingerprint density at radius 3 is 2.72 bits per heavy atom. The molecule has 1 aliphatic heterocycles. The lowest BCUT2D eigenvalue weighted by molar-refractivity contribution is 0.0303. The third kappa shape index (κ3) is 4.04. The number of carbonyl (C=O) groups excluding carboxylic acids is 1. The Labute approximate surface area is 207 Å². The molecule has 9 nitrogen and oxygen atoms in total. The number of morpholine rings is 1. The van der Waals surface area contributed by atoms with Gasteiger partial charge in [-0.2, -0.15) is 5.10 Å². The van der Waals surface area contributed by atoms with Crippen LogP contribution in [-0.2, 0) is 4.74 Å². The van der Waals surface area contributed by atoms with Crippen LogP contribution in [-0.4, -0.2) is 68.7 Å². The molecule has 0 bridgehead atoms. The van der Waals surface area contributed by atoms with Gasteiger partial charge in [-0.05, 0) is 42.3 Å². The number of pyridine rings is 1. The van der Waals surface area contributed by atoms with E-state index >= 15 is 0 Å². The molecular formula is C27H23N7O2. The minimum atomic E-state index is 0.0227. The molecule has 6 rings (SSSR count). The van der Waals surface area contributed by atoms with E-state index in [-0.39, 0.29) is 5.91 Å². The highest BCUT2D eigenvalue weighted by molar-refractivity contribution is 5.94. The predicted molar refractivity (Wildman–Crippen MR) is 137 cm³/mol. The minimum absolute atomic E-state index is 0.0227. The highest BCUT2D eigenvalue weighted by atomic mass is 16.5. The van der Waals surface area contributed by atoms with Crippen molar-refractivity contribution in [3.8, 4) is 23.1 Å². The average molecular weight is 478 g/mol. The van der Waals surface area contributed by atoms with Gasteiger partial charge in [0.05, 0.1) is 25.1 Å². The van der Waals surface area contributed by atoms with Crippen molar-refractivity contribution in [1.29, 1.82) is 0 Å². The van der Waals surface area contributed by atoms with E-state index in [4.69, 9.17) is 9.84 Å². The van der Waals surface area contributed by atoms with E-state index in [0.29, 0.717) is 43.2 Å².